The highest BCUT2D eigenvalue weighted by Gasteiger charge is 2.25. The van der Waals surface area contributed by atoms with E-state index in [4.69, 9.17) is 4.42 Å². The monoisotopic (exact) mass is 320 g/mol. The van der Waals surface area contributed by atoms with Gasteiger partial charge in [0, 0.05) is 6.42 Å². The quantitative estimate of drug-likeness (QED) is 0.763. The van der Waals surface area contributed by atoms with E-state index >= 15 is 0 Å². The third kappa shape index (κ3) is 3.04. The predicted octanol–water partition coefficient (Wildman–Crippen LogP) is 4.27. The van der Waals surface area contributed by atoms with Gasteiger partial charge in [-0.15, -0.1) is 0 Å². The molecular formula is C20H20N2O2. The molecule has 1 aliphatic rings. The summed E-state index contributed by atoms with van der Waals surface area (Å²) in [6.45, 7) is 1.99. The van der Waals surface area contributed by atoms with Crippen molar-refractivity contribution in [2.45, 2.75) is 32.2 Å². The average molecular weight is 320 g/mol. The van der Waals surface area contributed by atoms with Crippen molar-refractivity contribution in [1.29, 1.82) is 0 Å². The molecule has 4 heteroatoms. The van der Waals surface area contributed by atoms with Crippen molar-refractivity contribution < 1.29 is 9.21 Å². The van der Waals surface area contributed by atoms with Gasteiger partial charge in [0.15, 0.2) is 11.6 Å². The zero-order valence-corrected chi connectivity index (χ0v) is 13.7. The van der Waals surface area contributed by atoms with Gasteiger partial charge in [0.05, 0.1) is 6.04 Å². The zero-order chi connectivity index (χ0) is 16.5. The van der Waals surface area contributed by atoms with Crippen LogP contribution in [0.3, 0.4) is 0 Å². The van der Waals surface area contributed by atoms with Gasteiger partial charge in [0.25, 0.3) is 5.91 Å². The van der Waals surface area contributed by atoms with Crippen LogP contribution >= 0.6 is 0 Å². The largest absolute Gasteiger partial charge is 0.448 e. The van der Waals surface area contributed by atoms with Crippen LogP contribution in [-0.2, 0) is 6.42 Å². The average Bonchev–Trinajstić information content (AvgIpc) is 3.28. The molecule has 0 unspecified atom stereocenters. The van der Waals surface area contributed by atoms with Crippen LogP contribution in [0.5, 0.6) is 0 Å². The first-order valence-corrected chi connectivity index (χ1v) is 8.43. The fourth-order valence-electron chi connectivity index (χ4n) is 3.05. The van der Waals surface area contributed by atoms with Crippen LogP contribution in [0.25, 0.3) is 10.8 Å². The van der Waals surface area contributed by atoms with Crippen LogP contribution in [-0.4, -0.2) is 10.9 Å². The number of benzene rings is 2. The number of fused-ring (bicyclic) bond motifs is 1. The van der Waals surface area contributed by atoms with Crippen LogP contribution < -0.4 is 5.32 Å². The summed E-state index contributed by atoms with van der Waals surface area (Å²) in [5.74, 6) is 1.16. The Morgan fingerprint density at radius 1 is 1.25 bits per heavy atom. The van der Waals surface area contributed by atoms with Gasteiger partial charge in [-0.05, 0) is 42.0 Å². The Hall–Kier alpha value is -2.62. The Morgan fingerprint density at radius 3 is 2.88 bits per heavy atom. The van der Waals surface area contributed by atoms with Crippen molar-refractivity contribution in [1.82, 2.24) is 10.3 Å². The topological polar surface area (TPSA) is 55.1 Å². The van der Waals surface area contributed by atoms with E-state index in [1.807, 2.05) is 25.1 Å². The molecule has 3 aromatic rings. The van der Waals surface area contributed by atoms with Crippen molar-refractivity contribution in [3.05, 3.63) is 65.9 Å². The highest BCUT2D eigenvalue weighted by Crippen LogP contribution is 2.32. The first kappa shape index (κ1) is 14.9. The zero-order valence-electron chi connectivity index (χ0n) is 13.7. The molecule has 1 atom stereocenters. The van der Waals surface area contributed by atoms with Gasteiger partial charge in [-0.1, -0.05) is 42.5 Å². The van der Waals surface area contributed by atoms with Gasteiger partial charge in [-0.2, -0.15) is 0 Å². The lowest BCUT2D eigenvalue weighted by molar-refractivity contribution is 0.0935. The molecule has 1 aliphatic carbocycles. The third-order valence-electron chi connectivity index (χ3n) is 4.58. The van der Waals surface area contributed by atoms with Gasteiger partial charge in [0.2, 0.25) is 0 Å². The minimum atomic E-state index is -0.193. The highest BCUT2D eigenvalue weighted by molar-refractivity contribution is 5.93. The summed E-state index contributed by atoms with van der Waals surface area (Å²) in [6, 6.07) is 14.2. The lowest BCUT2D eigenvalue weighted by atomic mass is 9.99. The molecular weight excluding hydrogens is 300 g/mol. The van der Waals surface area contributed by atoms with Crippen LogP contribution in [0.1, 0.15) is 47.7 Å². The van der Waals surface area contributed by atoms with Gasteiger partial charge in [-0.25, -0.2) is 4.98 Å². The van der Waals surface area contributed by atoms with E-state index < -0.39 is 0 Å². The van der Waals surface area contributed by atoms with Gasteiger partial charge >= 0.3 is 0 Å². The summed E-state index contributed by atoms with van der Waals surface area (Å²) >= 11 is 0. The molecule has 4 rings (SSSR count). The Bertz CT molecular complexity index is 875. The number of oxazole rings is 1. The lowest BCUT2D eigenvalue weighted by Gasteiger charge is -2.15. The van der Waals surface area contributed by atoms with Crippen LogP contribution in [0.15, 0.2) is 53.1 Å². The van der Waals surface area contributed by atoms with Crippen molar-refractivity contribution in [3.63, 3.8) is 0 Å². The maximum atomic E-state index is 12.4. The Balaban J connectivity index is 1.51. The number of aromatic nitrogens is 1. The maximum absolute atomic E-state index is 12.4. The predicted molar refractivity (Wildman–Crippen MR) is 92.8 cm³/mol. The molecule has 1 aromatic heterocycles. The minimum absolute atomic E-state index is 0.104. The molecule has 0 spiro atoms. The molecule has 1 saturated carbocycles. The number of hydrogen-bond acceptors (Lipinski definition) is 3. The van der Waals surface area contributed by atoms with E-state index in [2.05, 4.69) is 34.6 Å². The lowest BCUT2D eigenvalue weighted by Crippen LogP contribution is -2.27. The Labute approximate surface area is 140 Å². The molecule has 1 fully saturated rings. The third-order valence-corrected chi connectivity index (χ3v) is 4.58. The van der Waals surface area contributed by atoms with E-state index in [0.29, 0.717) is 17.5 Å². The van der Waals surface area contributed by atoms with E-state index in [1.54, 1.807) is 0 Å². The molecule has 0 radical (unpaired) electrons. The summed E-state index contributed by atoms with van der Waals surface area (Å²) in [7, 11) is 0. The van der Waals surface area contributed by atoms with Crippen molar-refractivity contribution >= 4 is 16.7 Å². The standard InChI is InChI=1S/C20H20N2O2/c1-13(16-8-4-6-15-5-2-3-7-17(15)16)21-20(23)18-12-24-19(22-18)11-14-9-10-14/h2-8,12-14H,9-11H2,1H3,(H,21,23)/t13-/m0/s1. The smallest absolute Gasteiger partial charge is 0.273 e. The Kier molecular flexibility index (Phi) is 3.81. The minimum Gasteiger partial charge on any atom is -0.448 e. The molecule has 4 nitrogen and oxygen atoms in total. The van der Waals surface area contributed by atoms with Crippen molar-refractivity contribution in [3.8, 4) is 0 Å². The number of nitrogens with one attached hydrogen (secondary N) is 1. The second-order valence-corrected chi connectivity index (χ2v) is 6.54. The molecule has 0 aliphatic heterocycles. The summed E-state index contributed by atoms with van der Waals surface area (Å²) in [6.07, 6.45) is 4.78. The molecule has 1 N–H and O–H groups in total. The fraction of sp³-hybridized carbons (Fsp3) is 0.300. The molecule has 1 heterocycles. The van der Waals surface area contributed by atoms with Gasteiger partial charge in [0.1, 0.15) is 6.26 Å². The van der Waals surface area contributed by atoms with E-state index in [0.717, 1.165) is 17.4 Å². The van der Waals surface area contributed by atoms with E-state index in [1.165, 1.54) is 24.5 Å². The SMILES string of the molecule is C[C@H](NC(=O)c1coc(CC2CC2)n1)c1cccc2ccccc12. The van der Waals surface area contributed by atoms with Crippen molar-refractivity contribution in [2.24, 2.45) is 5.92 Å². The second kappa shape index (κ2) is 6.11. The van der Waals surface area contributed by atoms with Crippen molar-refractivity contribution in [2.75, 3.05) is 0 Å². The van der Waals surface area contributed by atoms with E-state index in [-0.39, 0.29) is 11.9 Å². The fourth-order valence-corrected chi connectivity index (χ4v) is 3.05. The molecule has 122 valence electrons. The molecule has 1 amide bonds. The first-order valence-electron chi connectivity index (χ1n) is 8.43. The van der Waals surface area contributed by atoms with Crippen LogP contribution in [0.4, 0.5) is 0 Å². The normalized spacial score (nSPS) is 15.4. The number of hydrogen-bond donors (Lipinski definition) is 1. The molecule has 2 aromatic carbocycles. The number of nitrogens with zero attached hydrogens (tertiary/aromatic N) is 1. The number of carbonyl (C=O) groups excluding carboxylic acids is 1. The Morgan fingerprint density at radius 2 is 2.04 bits per heavy atom. The van der Waals surface area contributed by atoms with Gasteiger partial charge < -0.3 is 9.73 Å². The summed E-state index contributed by atoms with van der Waals surface area (Å²) < 4.78 is 5.42. The molecule has 24 heavy (non-hydrogen) atoms. The summed E-state index contributed by atoms with van der Waals surface area (Å²) in [5.41, 5.74) is 1.46. The summed E-state index contributed by atoms with van der Waals surface area (Å²) in [5, 5.41) is 5.35. The highest BCUT2D eigenvalue weighted by atomic mass is 16.3. The molecule has 0 saturated heterocycles. The molecule has 0 bridgehead atoms. The van der Waals surface area contributed by atoms with E-state index in [9.17, 15) is 4.79 Å². The van der Waals surface area contributed by atoms with Gasteiger partial charge in [-0.3, -0.25) is 4.79 Å². The van der Waals surface area contributed by atoms with Crippen LogP contribution in [0, 0.1) is 5.92 Å². The number of rotatable bonds is 5. The second-order valence-electron chi connectivity index (χ2n) is 6.54. The summed E-state index contributed by atoms with van der Waals surface area (Å²) in [4.78, 5) is 16.8. The number of carbonyl (C=O) groups is 1. The maximum Gasteiger partial charge on any atom is 0.273 e. The number of amides is 1. The first-order chi connectivity index (χ1) is 11.7. The van der Waals surface area contributed by atoms with Crippen LogP contribution in [0.2, 0.25) is 0 Å².